The Morgan fingerprint density at radius 3 is 2.19 bits per heavy atom. The molecule has 0 atom stereocenters. The van der Waals surface area contributed by atoms with Crippen LogP contribution in [0, 0.1) is 0 Å². The molecule has 4 nitrogen and oxygen atoms in total. The zero-order valence-electron chi connectivity index (χ0n) is 14.2. The van der Waals surface area contributed by atoms with E-state index in [0.717, 1.165) is 38.3 Å². The number of halogens is 1. The Hall–Kier alpha value is -0.390. The molecular formula is C16H28BrN3O. The molecule has 1 saturated heterocycles. The molecule has 0 radical (unpaired) electrons. The van der Waals surface area contributed by atoms with Gasteiger partial charge in [0.2, 0.25) is 0 Å². The zero-order chi connectivity index (χ0) is 15.8. The van der Waals surface area contributed by atoms with E-state index in [2.05, 4.69) is 67.1 Å². The van der Waals surface area contributed by atoms with Crippen LogP contribution < -0.4 is 0 Å². The van der Waals surface area contributed by atoms with Crippen molar-refractivity contribution in [1.29, 1.82) is 0 Å². The minimum atomic E-state index is -0.112. The third kappa shape index (κ3) is 3.88. The summed E-state index contributed by atoms with van der Waals surface area (Å²) in [5.41, 5.74) is 2.21. The van der Waals surface area contributed by atoms with Crippen molar-refractivity contribution in [3.8, 4) is 0 Å². The minimum Gasteiger partial charge on any atom is -0.367 e. The Bertz CT molecular complexity index is 492. The average molecular weight is 358 g/mol. The highest BCUT2D eigenvalue weighted by atomic mass is 79.9. The maximum Gasteiger partial charge on any atom is 0.0767 e. The van der Waals surface area contributed by atoms with Crippen LogP contribution in [0.3, 0.4) is 0 Å². The molecule has 0 spiro atoms. The van der Waals surface area contributed by atoms with Gasteiger partial charge in [-0.15, -0.1) is 0 Å². The van der Waals surface area contributed by atoms with Crippen LogP contribution in [-0.4, -0.2) is 39.0 Å². The van der Waals surface area contributed by atoms with E-state index < -0.39 is 0 Å². The number of hydrogen-bond acceptors (Lipinski definition) is 3. The maximum absolute atomic E-state index is 6.17. The second-order valence-electron chi connectivity index (χ2n) is 7.14. The predicted octanol–water partition coefficient (Wildman–Crippen LogP) is 3.62. The summed E-state index contributed by atoms with van der Waals surface area (Å²) in [6, 6.07) is 0. The van der Waals surface area contributed by atoms with Gasteiger partial charge in [0.25, 0.3) is 0 Å². The van der Waals surface area contributed by atoms with Crippen molar-refractivity contribution < 1.29 is 4.74 Å². The number of ether oxygens (including phenoxy) is 1. The normalized spacial score (nSPS) is 21.7. The second-order valence-corrected chi connectivity index (χ2v) is 7.94. The number of rotatable bonds is 4. The molecule has 0 amide bonds. The zero-order valence-corrected chi connectivity index (χ0v) is 15.7. The third-order valence-corrected chi connectivity index (χ3v) is 4.74. The van der Waals surface area contributed by atoms with Crippen LogP contribution >= 0.6 is 15.9 Å². The largest absolute Gasteiger partial charge is 0.367 e. The number of aryl methyl sites for hydroxylation is 2. The van der Waals surface area contributed by atoms with Gasteiger partial charge in [0.05, 0.1) is 27.1 Å². The molecule has 0 unspecified atom stereocenters. The van der Waals surface area contributed by atoms with Crippen LogP contribution in [0.4, 0.5) is 0 Å². The summed E-state index contributed by atoms with van der Waals surface area (Å²) in [6.07, 6.45) is 0.959. The number of nitrogens with zero attached hydrogens (tertiary/aromatic N) is 3. The highest BCUT2D eigenvalue weighted by Crippen LogP contribution is 2.31. The van der Waals surface area contributed by atoms with E-state index in [9.17, 15) is 0 Å². The van der Waals surface area contributed by atoms with Gasteiger partial charge in [-0.1, -0.05) is 6.92 Å². The molecule has 1 aliphatic heterocycles. The molecule has 5 heteroatoms. The molecule has 0 aromatic carbocycles. The average Bonchev–Trinajstić information content (AvgIpc) is 2.62. The molecule has 0 N–H and O–H groups in total. The van der Waals surface area contributed by atoms with E-state index in [1.165, 1.54) is 10.2 Å². The number of morpholine rings is 1. The minimum absolute atomic E-state index is 0.112. The fourth-order valence-electron chi connectivity index (χ4n) is 3.44. The van der Waals surface area contributed by atoms with Crippen molar-refractivity contribution in [2.75, 3.05) is 13.1 Å². The Labute approximate surface area is 137 Å². The number of aromatic nitrogens is 2. The van der Waals surface area contributed by atoms with Crippen molar-refractivity contribution in [3.63, 3.8) is 0 Å². The standard InChI is InChI=1S/C16H28BrN3O/c1-7-12-14(17)13(20(8-2)18-12)9-19-10-15(3,4)21-16(5,6)11-19/h7-11H2,1-6H3. The quantitative estimate of drug-likeness (QED) is 0.824. The van der Waals surface area contributed by atoms with Gasteiger partial charge in [0.1, 0.15) is 0 Å². The van der Waals surface area contributed by atoms with Crippen LogP contribution in [-0.2, 0) is 24.2 Å². The van der Waals surface area contributed by atoms with Crippen LogP contribution in [0.1, 0.15) is 52.9 Å². The lowest BCUT2D eigenvalue weighted by molar-refractivity contribution is -0.182. The molecule has 0 aliphatic carbocycles. The topological polar surface area (TPSA) is 30.3 Å². The second kappa shape index (κ2) is 6.01. The lowest BCUT2D eigenvalue weighted by Crippen LogP contribution is -2.56. The molecule has 0 bridgehead atoms. The van der Waals surface area contributed by atoms with E-state index in [-0.39, 0.29) is 11.2 Å². The highest BCUT2D eigenvalue weighted by Gasteiger charge is 2.38. The van der Waals surface area contributed by atoms with Gasteiger partial charge in [-0.05, 0) is 57.0 Å². The molecular weight excluding hydrogens is 330 g/mol. The summed E-state index contributed by atoms with van der Waals surface area (Å²) in [5, 5.41) is 4.70. The molecule has 1 fully saturated rings. The van der Waals surface area contributed by atoms with Gasteiger partial charge in [-0.2, -0.15) is 5.10 Å². The van der Waals surface area contributed by atoms with Gasteiger partial charge < -0.3 is 4.74 Å². The molecule has 2 heterocycles. The summed E-state index contributed by atoms with van der Waals surface area (Å²) in [4.78, 5) is 2.48. The first kappa shape index (κ1) is 17.0. The van der Waals surface area contributed by atoms with Gasteiger partial charge >= 0.3 is 0 Å². The number of hydrogen-bond donors (Lipinski definition) is 0. The van der Waals surface area contributed by atoms with Gasteiger partial charge in [-0.25, -0.2) is 0 Å². The van der Waals surface area contributed by atoms with Crippen LogP contribution in [0.25, 0.3) is 0 Å². The fraction of sp³-hybridized carbons (Fsp3) is 0.812. The monoisotopic (exact) mass is 357 g/mol. The fourth-order valence-corrected chi connectivity index (χ4v) is 4.13. The predicted molar refractivity (Wildman–Crippen MR) is 89.5 cm³/mol. The molecule has 0 saturated carbocycles. The summed E-state index contributed by atoms with van der Waals surface area (Å²) >= 11 is 3.75. The maximum atomic E-state index is 6.17. The Kier molecular flexibility index (Phi) is 4.86. The van der Waals surface area contributed by atoms with Crippen molar-refractivity contribution in [2.24, 2.45) is 0 Å². The summed E-state index contributed by atoms with van der Waals surface area (Å²) in [6.45, 7) is 16.7. The molecule has 1 aromatic heterocycles. The Morgan fingerprint density at radius 1 is 1.14 bits per heavy atom. The summed E-state index contributed by atoms with van der Waals surface area (Å²) in [5.74, 6) is 0. The van der Waals surface area contributed by atoms with Crippen LogP contribution in [0.5, 0.6) is 0 Å². The molecule has 120 valence electrons. The van der Waals surface area contributed by atoms with Gasteiger partial charge in [-0.3, -0.25) is 9.58 Å². The summed E-state index contributed by atoms with van der Waals surface area (Å²) < 4.78 is 9.46. The summed E-state index contributed by atoms with van der Waals surface area (Å²) in [7, 11) is 0. The molecule has 1 aliphatic rings. The van der Waals surface area contributed by atoms with E-state index in [1.54, 1.807) is 0 Å². The lowest BCUT2D eigenvalue weighted by atomic mass is 9.99. The van der Waals surface area contributed by atoms with Gasteiger partial charge in [0, 0.05) is 26.2 Å². The first-order valence-electron chi connectivity index (χ1n) is 7.84. The third-order valence-electron chi connectivity index (χ3n) is 3.83. The van der Waals surface area contributed by atoms with Crippen LogP contribution in [0.15, 0.2) is 4.47 Å². The van der Waals surface area contributed by atoms with E-state index in [0.29, 0.717) is 0 Å². The first-order chi connectivity index (χ1) is 9.67. The molecule has 1 aromatic rings. The van der Waals surface area contributed by atoms with Gasteiger partial charge in [0.15, 0.2) is 0 Å². The Balaban J connectivity index is 2.23. The van der Waals surface area contributed by atoms with E-state index >= 15 is 0 Å². The smallest absolute Gasteiger partial charge is 0.0767 e. The molecule has 2 rings (SSSR count). The Morgan fingerprint density at radius 2 is 1.71 bits per heavy atom. The van der Waals surface area contributed by atoms with Crippen molar-refractivity contribution in [2.45, 2.75) is 72.3 Å². The first-order valence-corrected chi connectivity index (χ1v) is 8.63. The SMILES string of the molecule is CCc1nn(CC)c(CN2CC(C)(C)OC(C)(C)C2)c1Br. The van der Waals surface area contributed by atoms with E-state index in [1.807, 2.05) is 0 Å². The highest BCUT2D eigenvalue weighted by molar-refractivity contribution is 9.10. The van der Waals surface area contributed by atoms with E-state index in [4.69, 9.17) is 9.84 Å². The van der Waals surface area contributed by atoms with Crippen LogP contribution in [0.2, 0.25) is 0 Å². The molecule has 21 heavy (non-hydrogen) atoms. The van der Waals surface area contributed by atoms with Crippen molar-refractivity contribution in [1.82, 2.24) is 14.7 Å². The lowest BCUT2D eigenvalue weighted by Gasteiger charge is -2.47. The van der Waals surface area contributed by atoms with Crippen molar-refractivity contribution >= 4 is 15.9 Å². The van der Waals surface area contributed by atoms with Crippen molar-refractivity contribution in [3.05, 3.63) is 15.9 Å².